The number of rotatable bonds is 0. The molecule has 4 heteroatoms. The van der Waals surface area contributed by atoms with Crippen LogP contribution in [-0.4, -0.2) is 10.1 Å². The summed E-state index contributed by atoms with van der Waals surface area (Å²) in [6.07, 6.45) is 3.09. The lowest BCUT2D eigenvalue weighted by Crippen LogP contribution is -2.23. The number of hydrogen-bond acceptors (Lipinski definition) is 3. The zero-order chi connectivity index (χ0) is 10.6. The first-order valence-electron chi connectivity index (χ1n) is 5.17. The summed E-state index contributed by atoms with van der Waals surface area (Å²) in [6, 6.07) is 1.04. The number of aromatic nitrogens is 1. The molecule has 2 aliphatic rings. The van der Waals surface area contributed by atoms with E-state index in [1.807, 2.05) is 0 Å². The van der Waals surface area contributed by atoms with Crippen LogP contribution in [-0.2, 0) is 0 Å². The normalized spacial score (nSPS) is 26.7. The summed E-state index contributed by atoms with van der Waals surface area (Å²) in [5, 5.41) is 9.76. The van der Waals surface area contributed by atoms with E-state index in [-0.39, 0.29) is 5.75 Å². The predicted octanol–water partition coefficient (Wildman–Crippen LogP) is 0.805. The molecule has 0 aliphatic heterocycles. The van der Waals surface area contributed by atoms with Gasteiger partial charge in [0.05, 0.1) is 0 Å². The minimum absolute atomic E-state index is 0.0134. The molecule has 0 spiro atoms. The van der Waals surface area contributed by atoms with E-state index >= 15 is 0 Å². The Hall–Kier alpha value is -1.58. The van der Waals surface area contributed by atoms with E-state index in [9.17, 15) is 14.7 Å². The van der Waals surface area contributed by atoms with Crippen LogP contribution in [0.5, 0.6) is 5.75 Å². The third-order valence-corrected chi connectivity index (χ3v) is 3.56. The van der Waals surface area contributed by atoms with Crippen molar-refractivity contribution >= 4 is 0 Å². The zero-order valence-corrected chi connectivity index (χ0v) is 8.12. The molecule has 2 atom stereocenters. The van der Waals surface area contributed by atoms with E-state index in [0.29, 0.717) is 11.8 Å². The average molecular weight is 205 g/mol. The molecule has 2 bridgehead atoms. The highest BCUT2D eigenvalue weighted by molar-refractivity contribution is 5.44. The number of aromatic amines is 1. The van der Waals surface area contributed by atoms with Crippen molar-refractivity contribution in [3.63, 3.8) is 0 Å². The number of hydrogen-bond donors (Lipinski definition) is 2. The van der Waals surface area contributed by atoms with Crippen LogP contribution in [0.15, 0.2) is 15.7 Å². The van der Waals surface area contributed by atoms with Gasteiger partial charge < -0.3 is 10.1 Å². The van der Waals surface area contributed by atoms with Gasteiger partial charge >= 0.3 is 0 Å². The second-order valence-electron chi connectivity index (χ2n) is 4.38. The van der Waals surface area contributed by atoms with Crippen LogP contribution >= 0.6 is 0 Å². The lowest BCUT2D eigenvalue weighted by molar-refractivity contribution is 0.462. The molecule has 2 N–H and O–H groups in total. The number of H-pyrrole nitrogens is 1. The van der Waals surface area contributed by atoms with E-state index in [2.05, 4.69) is 4.98 Å². The quantitative estimate of drug-likeness (QED) is 0.615. The van der Waals surface area contributed by atoms with Gasteiger partial charge in [-0.1, -0.05) is 0 Å². The van der Waals surface area contributed by atoms with Crippen LogP contribution in [0.3, 0.4) is 0 Å². The van der Waals surface area contributed by atoms with Crippen molar-refractivity contribution in [2.45, 2.75) is 31.1 Å². The molecule has 15 heavy (non-hydrogen) atoms. The standard InChI is InChI=1S/C11H11NO3/c13-7-4-8(14)11(15)12-10-6-2-1-5(3-6)9(7)10/h4-6,13H,1-3H2,(H,12,14,15)/t5-,6+/m0/s1. The molecule has 1 fully saturated rings. The second kappa shape index (κ2) is 2.72. The molecular formula is C11H11NO3. The molecule has 1 aromatic heterocycles. The number of aromatic hydroxyl groups is 1. The van der Waals surface area contributed by atoms with Gasteiger partial charge in [0.15, 0.2) is 0 Å². The van der Waals surface area contributed by atoms with Gasteiger partial charge in [0.1, 0.15) is 5.75 Å². The van der Waals surface area contributed by atoms with Gasteiger partial charge in [0.25, 0.3) is 5.56 Å². The Bertz CT molecular complexity index is 547. The molecule has 4 nitrogen and oxygen atoms in total. The number of fused-ring (bicyclic) bond motifs is 5. The third kappa shape index (κ3) is 1.07. The Morgan fingerprint density at radius 2 is 2.00 bits per heavy atom. The largest absolute Gasteiger partial charge is 0.507 e. The van der Waals surface area contributed by atoms with Gasteiger partial charge in [-0.25, -0.2) is 0 Å². The fraction of sp³-hybridized carbons (Fsp3) is 0.455. The molecule has 2 aliphatic carbocycles. The number of nitrogens with one attached hydrogen (secondary N) is 1. The van der Waals surface area contributed by atoms with E-state index in [1.165, 1.54) is 0 Å². The first kappa shape index (κ1) is 8.71. The van der Waals surface area contributed by atoms with E-state index in [4.69, 9.17) is 0 Å². The summed E-state index contributed by atoms with van der Waals surface area (Å²) in [6.45, 7) is 0. The molecule has 3 rings (SSSR count). The Labute approximate surface area is 85.6 Å². The predicted molar refractivity (Wildman–Crippen MR) is 54.3 cm³/mol. The van der Waals surface area contributed by atoms with Crippen LogP contribution in [0.25, 0.3) is 0 Å². The minimum atomic E-state index is -0.665. The summed E-state index contributed by atoms with van der Waals surface area (Å²) in [7, 11) is 0. The van der Waals surface area contributed by atoms with E-state index < -0.39 is 11.0 Å². The molecule has 0 aromatic carbocycles. The van der Waals surface area contributed by atoms with Crippen molar-refractivity contribution in [2.24, 2.45) is 0 Å². The van der Waals surface area contributed by atoms with Crippen LogP contribution in [0, 0.1) is 0 Å². The van der Waals surface area contributed by atoms with Crippen LogP contribution in [0.2, 0.25) is 0 Å². The fourth-order valence-corrected chi connectivity index (χ4v) is 2.91. The summed E-state index contributed by atoms with van der Waals surface area (Å²) >= 11 is 0. The maximum absolute atomic E-state index is 11.3. The van der Waals surface area contributed by atoms with Gasteiger partial charge in [-0.3, -0.25) is 9.59 Å². The monoisotopic (exact) mass is 205 g/mol. The molecule has 78 valence electrons. The van der Waals surface area contributed by atoms with Crippen molar-refractivity contribution in [1.29, 1.82) is 0 Å². The van der Waals surface area contributed by atoms with Crippen molar-refractivity contribution in [3.05, 3.63) is 37.9 Å². The van der Waals surface area contributed by atoms with Crippen LogP contribution < -0.4 is 11.0 Å². The topological polar surface area (TPSA) is 70.2 Å². The Morgan fingerprint density at radius 3 is 2.80 bits per heavy atom. The molecule has 0 amide bonds. The Morgan fingerprint density at radius 1 is 1.27 bits per heavy atom. The smallest absolute Gasteiger partial charge is 0.296 e. The van der Waals surface area contributed by atoms with Crippen molar-refractivity contribution in [1.82, 2.24) is 4.98 Å². The highest BCUT2D eigenvalue weighted by atomic mass is 16.3. The maximum Gasteiger partial charge on any atom is 0.296 e. The van der Waals surface area contributed by atoms with Crippen molar-refractivity contribution < 1.29 is 5.11 Å². The summed E-state index contributed by atoms with van der Waals surface area (Å²) in [5.74, 6) is 0.642. The molecule has 1 heterocycles. The van der Waals surface area contributed by atoms with Gasteiger partial charge in [-0.05, 0) is 25.2 Å². The molecule has 1 saturated carbocycles. The van der Waals surface area contributed by atoms with E-state index in [1.54, 1.807) is 0 Å². The average Bonchev–Trinajstić information content (AvgIpc) is 2.74. The molecule has 1 aromatic rings. The van der Waals surface area contributed by atoms with Gasteiger partial charge in [-0.15, -0.1) is 0 Å². The summed E-state index contributed by atoms with van der Waals surface area (Å²) in [5.41, 5.74) is 0.293. The molecule has 0 radical (unpaired) electrons. The lowest BCUT2D eigenvalue weighted by atomic mass is 9.96. The highest BCUT2D eigenvalue weighted by Gasteiger charge is 2.39. The maximum atomic E-state index is 11.3. The van der Waals surface area contributed by atoms with Crippen molar-refractivity contribution in [2.75, 3.05) is 0 Å². The zero-order valence-electron chi connectivity index (χ0n) is 8.12. The second-order valence-corrected chi connectivity index (χ2v) is 4.38. The molecule has 0 saturated heterocycles. The van der Waals surface area contributed by atoms with Gasteiger partial charge in [-0.2, -0.15) is 0 Å². The molecular weight excluding hydrogens is 194 g/mol. The lowest BCUT2D eigenvalue weighted by Gasteiger charge is -2.12. The Balaban J connectivity index is 2.42. The highest BCUT2D eigenvalue weighted by Crippen LogP contribution is 2.53. The van der Waals surface area contributed by atoms with Gasteiger partial charge in [0, 0.05) is 23.2 Å². The van der Waals surface area contributed by atoms with E-state index in [0.717, 1.165) is 36.6 Å². The first-order chi connectivity index (χ1) is 7.16. The summed E-state index contributed by atoms with van der Waals surface area (Å²) in [4.78, 5) is 25.2. The van der Waals surface area contributed by atoms with Gasteiger partial charge in [0.2, 0.25) is 5.43 Å². The third-order valence-electron chi connectivity index (χ3n) is 3.56. The first-order valence-corrected chi connectivity index (χ1v) is 5.17. The SMILES string of the molecule is O=c1cc(O)c2c([nH]c1=O)[C@@H]1CC[C@H]2C1. The Kier molecular flexibility index (Phi) is 1.58. The minimum Gasteiger partial charge on any atom is -0.507 e. The van der Waals surface area contributed by atoms with Crippen molar-refractivity contribution in [3.8, 4) is 5.75 Å². The van der Waals surface area contributed by atoms with Crippen LogP contribution in [0.1, 0.15) is 42.4 Å². The fourth-order valence-electron chi connectivity index (χ4n) is 2.91. The van der Waals surface area contributed by atoms with Crippen LogP contribution in [0.4, 0.5) is 0 Å². The summed E-state index contributed by atoms with van der Waals surface area (Å²) < 4.78 is 0. The molecule has 0 unspecified atom stereocenters.